The zero-order chi connectivity index (χ0) is 9.97. The third-order valence-corrected chi connectivity index (χ3v) is 3.44. The summed E-state index contributed by atoms with van der Waals surface area (Å²) in [5.41, 5.74) is 6.56. The molecule has 5 nitrogen and oxygen atoms in total. The number of nitrogens with one attached hydrogen (secondary N) is 2. The van der Waals surface area contributed by atoms with Gasteiger partial charge in [-0.3, -0.25) is 0 Å². The summed E-state index contributed by atoms with van der Waals surface area (Å²) in [6.45, 7) is 0.682. The van der Waals surface area contributed by atoms with Gasteiger partial charge in [-0.1, -0.05) is 0 Å². The van der Waals surface area contributed by atoms with Crippen molar-refractivity contribution >= 4 is 39.2 Å². The van der Waals surface area contributed by atoms with E-state index < -0.39 is 0 Å². The zero-order valence-electron chi connectivity index (χ0n) is 7.12. The Morgan fingerprint density at radius 2 is 2.50 bits per heavy atom. The second kappa shape index (κ2) is 3.97. The van der Waals surface area contributed by atoms with Crippen LogP contribution in [0.2, 0.25) is 0 Å². The second-order valence-electron chi connectivity index (χ2n) is 2.62. The van der Waals surface area contributed by atoms with Crippen molar-refractivity contribution in [2.75, 3.05) is 11.1 Å². The van der Waals surface area contributed by atoms with Gasteiger partial charge < -0.3 is 11.1 Å². The number of aromatic amines is 1. The third kappa shape index (κ3) is 2.05. The highest BCUT2D eigenvalue weighted by Gasteiger charge is 2.02. The number of nitrogen functional groups attached to an aromatic ring is 1. The van der Waals surface area contributed by atoms with E-state index >= 15 is 0 Å². The molecule has 0 radical (unpaired) electrons. The van der Waals surface area contributed by atoms with Crippen LogP contribution in [0.5, 0.6) is 0 Å². The van der Waals surface area contributed by atoms with Gasteiger partial charge in [0, 0.05) is 6.54 Å². The van der Waals surface area contributed by atoms with Gasteiger partial charge in [0.2, 0.25) is 11.9 Å². The fraction of sp³-hybridized carbons (Fsp3) is 0.143. The van der Waals surface area contributed by atoms with Gasteiger partial charge in [0.05, 0.1) is 3.79 Å². The Bertz CT molecular complexity index is 423. The Hall–Kier alpha value is -1.08. The minimum absolute atomic E-state index is 0.317. The van der Waals surface area contributed by atoms with Gasteiger partial charge in [-0.25, -0.2) is 5.10 Å². The lowest BCUT2D eigenvalue weighted by atomic mass is 10.3. The van der Waals surface area contributed by atoms with E-state index in [4.69, 9.17) is 5.73 Å². The van der Waals surface area contributed by atoms with Crippen LogP contribution in [0.1, 0.15) is 5.56 Å². The standard InChI is InChI=1S/C7H8BrN5S/c8-5-4(1-2-14-5)3-10-7-11-6(9)12-13-7/h1-2H,3H2,(H4,9,10,11,12,13). The summed E-state index contributed by atoms with van der Waals surface area (Å²) in [5, 5.41) is 11.5. The molecule has 0 saturated carbocycles. The Kier molecular flexibility index (Phi) is 2.69. The molecule has 0 aliphatic heterocycles. The molecule has 0 amide bonds. The lowest BCUT2D eigenvalue weighted by molar-refractivity contribution is 1.05. The molecule has 0 aromatic carbocycles. The molecule has 0 bridgehead atoms. The molecule has 0 saturated heterocycles. The average molecular weight is 274 g/mol. The lowest BCUT2D eigenvalue weighted by Gasteiger charge is -1.99. The SMILES string of the molecule is Nc1nc(NCc2ccsc2Br)n[nH]1. The van der Waals surface area contributed by atoms with Crippen LogP contribution in [0.4, 0.5) is 11.9 Å². The second-order valence-corrected chi connectivity index (χ2v) is 4.85. The van der Waals surface area contributed by atoms with Crippen molar-refractivity contribution in [2.45, 2.75) is 6.54 Å². The first kappa shape index (κ1) is 9.47. The molecule has 4 N–H and O–H groups in total. The highest BCUT2D eigenvalue weighted by Crippen LogP contribution is 2.23. The van der Waals surface area contributed by atoms with Crippen LogP contribution in [0, 0.1) is 0 Å². The Labute approximate surface area is 92.9 Å². The molecule has 2 heterocycles. The van der Waals surface area contributed by atoms with Gasteiger partial charge in [0.15, 0.2) is 0 Å². The van der Waals surface area contributed by atoms with E-state index in [1.165, 1.54) is 5.56 Å². The maximum atomic E-state index is 5.38. The summed E-state index contributed by atoms with van der Waals surface area (Å²) in [6, 6.07) is 2.04. The van der Waals surface area contributed by atoms with Gasteiger partial charge in [-0.2, -0.15) is 4.98 Å². The normalized spacial score (nSPS) is 10.4. The third-order valence-electron chi connectivity index (χ3n) is 1.63. The van der Waals surface area contributed by atoms with Crippen LogP contribution in [0.15, 0.2) is 15.2 Å². The number of thiophene rings is 1. The van der Waals surface area contributed by atoms with E-state index in [2.05, 4.69) is 36.4 Å². The van der Waals surface area contributed by atoms with E-state index in [-0.39, 0.29) is 0 Å². The zero-order valence-corrected chi connectivity index (χ0v) is 9.52. The Morgan fingerprint density at radius 3 is 3.07 bits per heavy atom. The van der Waals surface area contributed by atoms with E-state index in [9.17, 15) is 0 Å². The van der Waals surface area contributed by atoms with Crippen molar-refractivity contribution in [3.63, 3.8) is 0 Å². The van der Waals surface area contributed by atoms with Gasteiger partial charge in [0.25, 0.3) is 0 Å². The van der Waals surface area contributed by atoms with Gasteiger partial charge in [0.1, 0.15) is 0 Å². The summed E-state index contributed by atoms with van der Waals surface area (Å²) in [7, 11) is 0. The molecule has 7 heteroatoms. The van der Waals surface area contributed by atoms with E-state index in [0.717, 1.165) is 3.79 Å². The predicted octanol–water partition coefficient (Wildman–Crippen LogP) is 1.82. The summed E-state index contributed by atoms with van der Waals surface area (Å²) in [5.74, 6) is 0.831. The molecule has 0 atom stereocenters. The number of H-pyrrole nitrogens is 1. The first-order valence-corrected chi connectivity index (χ1v) is 5.56. The average Bonchev–Trinajstić information content (AvgIpc) is 2.72. The molecule has 0 unspecified atom stereocenters. The molecule has 0 fully saturated rings. The fourth-order valence-electron chi connectivity index (χ4n) is 0.973. The van der Waals surface area contributed by atoms with E-state index in [1.54, 1.807) is 11.3 Å². The van der Waals surface area contributed by atoms with Crippen molar-refractivity contribution in [3.05, 3.63) is 20.8 Å². The number of rotatable bonds is 3. The number of nitrogens with zero attached hydrogens (tertiary/aromatic N) is 2. The smallest absolute Gasteiger partial charge is 0.243 e. The van der Waals surface area contributed by atoms with E-state index in [1.807, 2.05) is 11.4 Å². The highest BCUT2D eigenvalue weighted by atomic mass is 79.9. The van der Waals surface area contributed by atoms with Crippen LogP contribution >= 0.6 is 27.3 Å². The van der Waals surface area contributed by atoms with Gasteiger partial charge >= 0.3 is 0 Å². The molecule has 0 spiro atoms. The lowest BCUT2D eigenvalue weighted by Crippen LogP contribution is -2.00. The van der Waals surface area contributed by atoms with Gasteiger partial charge in [-0.05, 0) is 32.9 Å². The number of anilines is 2. The number of hydrogen-bond donors (Lipinski definition) is 3. The summed E-state index contributed by atoms with van der Waals surface area (Å²) in [6.07, 6.45) is 0. The van der Waals surface area contributed by atoms with Crippen molar-refractivity contribution in [1.82, 2.24) is 15.2 Å². The first-order valence-electron chi connectivity index (χ1n) is 3.89. The molecule has 2 rings (SSSR count). The molecule has 74 valence electrons. The molecule has 0 aliphatic rings. The van der Waals surface area contributed by atoms with Crippen molar-refractivity contribution < 1.29 is 0 Å². The number of halogens is 1. The monoisotopic (exact) mass is 273 g/mol. The van der Waals surface area contributed by atoms with Crippen molar-refractivity contribution in [1.29, 1.82) is 0 Å². The molecular weight excluding hydrogens is 266 g/mol. The Balaban J connectivity index is 1.98. The van der Waals surface area contributed by atoms with Crippen LogP contribution < -0.4 is 11.1 Å². The first-order chi connectivity index (χ1) is 6.75. The maximum absolute atomic E-state index is 5.38. The van der Waals surface area contributed by atoms with Crippen LogP contribution in [-0.2, 0) is 6.54 Å². The van der Waals surface area contributed by atoms with Crippen LogP contribution in [0.25, 0.3) is 0 Å². The Morgan fingerprint density at radius 1 is 1.64 bits per heavy atom. The minimum Gasteiger partial charge on any atom is -0.368 e. The number of aromatic nitrogens is 3. The predicted molar refractivity (Wildman–Crippen MR) is 60.1 cm³/mol. The summed E-state index contributed by atoms with van der Waals surface area (Å²) in [4.78, 5) is 3.93. The topological polar surface area (TPSA) is 79.6 Å². The van der Waals surface area contributed by atoms with Crippen LogP contribution in [-0.4, -0.2) is 15.2 Å². The quantitative estimate of drug-likeness (QED) is 0.797. The fourth-order valence-corrected chi connectivity index (χ4v) is 2.21. The van der Waals surface area contributed by atoms with Crippen LogP contribution in [0.3, 0.4) is 0 Å². The van der Waals surface area contributed by atoms with Gasteiger partial charge in [-0.15, -0.1) is 16.4 Å². The molecular formula is C7H8BrN5S. The number of hydrogen-bond acceptors (Lipinski definition) is 5. The maximum Gasteiger partial charge on any atom is 0.243 e. The summed E-state index contributed by atoms with van der Waals surface area (Å²) >= 11 is 5.10. The molecule has 2 aromatic heterocycles. The molecule has 2 aromatic rings. The molecule has 14 heavy (non-hydrogen) atoms. The van der Waals surface area contributed by atoms with Crippen molar-refractivity contribution in [3.8, 4) is 0 Å². The number of nitrogens with two attached hydrogens (primary N) is 1. The summed E-state index contributed by atoms with van der Waals surface area (Å²) < 4.78 is 1.12. The molecule has 0 aliphatic carbocycles. The highest BCUT2D eigenvalue weighted by molar-refractivity contribution is 9.11. The van der Waals surface area contributed by atoms with E-state index in [0.29, 0.717) is 18.4 Å². The minimum atomic E-state index is 0.317. The van der Waals surface area contributed by atoms with Crippen molar-refractivity contribution in [2.24, 2.45) is 0 Å². The largest absolute Gasteiger partial charge is 0.368 e.